The Hall–Kier alpha value is -1.98. The van der Waals surface area contributed by atoms with Crippen LogP contribution in [0.2, 0.25) is 0 Å². The van der Waals surface area contributed by atoms with Crippen LogP contribution in [0.5, 0.6) is 11.5 Å². The number of aliphatic hydroxyl groups is 1. The number of aliphatic hydroxyl groups excluding tert-OH is 1. The third kappa shape index (κ3) is 3.87. The second-order valence-corrected chi connectivity index (χ2v) is 11.4. The molecule has 1 spiro atoms. The molecule has 182 valence electrons. The van der Waals surface area contributed by atoms with Crippen LogP contribution < -0.4 is 4.74 Å². The maximum Gasteiger partial charge on any atom is 0.219 e. The molecule has 1 aromatic rings. The van der Waals surface area contributed by atoms with Gasteiger partial charge >= 0.3 is 0 Å². The Morgan fingerprint density at radius 3 is 2.58 bits per heavy atom. The van der Waals surface area contributed by atoms with Gasteiger partial charge in [0.05, 0.1) is 18.8 Å². The first-order chi connectivity index (χ1) is 15.3. The average molecular weight is 457 g/mol. The summed E-state index contributed by atoms with van der Waals surface area (Å²) in [7, 11) is 1.64. The number of fused-ring (bicyclic) bond motifs is 2. The summed E-state index contributed by atoms with van der Waals surface area (Å²) in [5.41, 5.74) is 1.97. The lowest BCUT2D eigenvalue weighted by molar-refractivity contribution is -0.309. The van der Waals surface area contributed by atoms with Gasteiger partial charge in [0.1, 0.15) is 17.3 Å². The predicted octanol–water partition coefficient (Wildman–Crippen LogP) is 5.95. The largest absolute Gasteiger partial charge is 0.507 e. The lowest BCUT2D eigenvalue weighted by atomic mass is 9.60. The number of allylic oxidation sites excluding steroid dienone is 3. The van der Waals surface area contributed by atoms with Crippen molar-refractivity contribution in [2.45, 2.75) is 97.6 Å². The van der Waals surface area contributed by atoms with E-state index in [2.05, 4.69) is 32.9 Å². The third-order valence-corrected chi connectivity index (χ3v) is 8.65. The topological polar surface area (TPSA) is 68.2 Å². The van der Waals surface area contributed by atoms with Gasteiger partial charge in [0.15, 0.2) is 0 Å². The number of benzene rings is 1. The van der Waals surface area contributed by atoms with E-state index in [0.717, 1.165) is 41.9 Å². The molecule has 0 amide bonds. The summed E-state index contributed by atoms with van der Waals surface area (Å²) in [6.07, 6.45) is 8.93. The number of hydrogen-bond acceptors (Lipinski definition) is 5. The molecule has 5 heteroatoms. The molecule has 33 heavy (non-hydrogen) atoms. The summed E-state index contributed by atoms with van der Waals surface area (Å²) < 4.78 is 18.6. The van der Waals surface area contributed by atoms with Crippen molar-refractivity contribution in [3.8, 4) is 11.5 Å². The van der Waals surface area contributed by atoms with Crippen LogP contribution in [0, 0.1) is 17.8 Å². The highest BCUT2D eigenvalue weighted by atomic mass is 16.7. The molecule has 1 saturated carbocycles. The normalized spacial score (nSPS) is 35.3. The minimum absolute atomic E-state index is 0.0385. The Morgan fingerprint density at radius 2 is 1.94 bits per heavy atom. The lowest BCUT2D eigenvalue weighted by Crippen LogP contribution is -2.57. The SMILES string of the molecule is COc1cc(C)c(O)c(C/C=C(\C)CC2=C[C@]3(C)CCC[C@]3(C)[C@@]3(C[C@@H](O)C(C)(C)O3)O2)c1. The molecule has 1 saturated heterocycles. The van der Waals surface area contributed by atoms with Crippen LogP contribution >= 0.6 is 0 Å². The van der Waals surface area contributed by atoms with E-state index in [1.54, 1.807) is 7.11 Å². The van der Waals surface area contributed by atoms with Gasteiger partial charge in [-0.05, 0) is 70.7 Å². The zero-order chi connectivity index (χ0) is 24.2. The van der Waals surface area contributed by atoms with E-state index in [1.807, 2.05) is 32.9 Å². The molecule has 0 unspecified atom stereocenters. The summed E-state index contributed by atoms with van der Waals surface area (Å²) in [6.45, 7) is 12.5. The molecule has 2 aliphatic heterocycles. The minimum atomic E-state index is -0.812. The van der Waals surface area contributed by atoms with Crippen molar-refractivity contribution in [1.29, 1.82) is 0 Å². The molecular weight excluding hydrogens is 416 g/mol. The second kappa shape index (κ2) is 8.06. The van der Waals surface area contributed by atoms with Gasteiger partial charge in [-0.1, -0.05) is 31.9 Å². The summed E-state index contributed by atoms with van der Waals surface area (Å²) >= 11 is 0. The highest BCUT2D eigenvalue weighted by Gasteiger charge is 2.69. The monoisotopic (exact) mass is 456 g/mol. The number of methoxy groups -OCH3 is 1. The Kier molecular flexibility index (Phi) is 5.90. The first-order valence-electron chi connectivity index (χ1n) is 12.2. The van der Waals surface area contributed by atoms with Crippen molar-refractivity contribution < 1.29 is 24.4 Å². The number of ether oxygens (including phenoxy) is 3. The summed E-state index contributed by atoms with van der Waals surface area (Å²) in [5.74, 6) is 1.17. The van der Waals surface area contributed by atoms with Crippen molar-refractivity contribution in [2.24, 2.45) is 10.8 Å². The number of phenolic OH excluding ortho intramolecular Hbond substituents is 1. The van der Waals surface area contributed by atoms with E-state index < -0.39 is 17.5 Å². The molecule has 2 heterocycles. The number of phenols is 1. The Morgan fingerprint density at radius 1 is 1.21 bits per heavy atom. The molecule has 0 aromatic heterocycles. The standard InChI is InChI=1S/C28H40O5/c1-18(9-10-20-15-21(31-7)14-19(2)24(20)30)13-22-16-26(5)11-8-12-27(26,6)28(32-22)17-23(29)25(3,4)33-28/h9,14-16,23,29-30H,8,10-13,17H2,1-7H3/b18-9+/t23-,26+,27+,28+/m1/s1. The van der Waals surface area contributed by atoms with E-state index in [0.29, 0.717) is 25.0 Å². The Bertz CT molecular complexity index is 992. The van der Waals surface area contributed by atoms with Crippen LogP contribution in [0.3, 0.4) is 0 Å². The zero-order valence-corrected chi connectivity index (χ0v) is 21.2. The van der Waals surface area contributed by atoms with Gasteiger partial charge in [-0.3, -0.25) is 0 Å². The van der Waals surface area contributed by atoms with E-state index in [-0.39, 0.29) is 10.8 Å². The molecule has 3 aliphatic rings. The van der Waals surface area contributed by atoms with Crippen LogP contribution in [-0.4, -0.2) is 34.8 Å². The molecule has 0 radical (unpaired) electrons. The van der Waals surface area contributed by atoms with Crippen molar-refractivity contribution in [3.05, 3.63) is 46.7 Å². The fourth-order valence-corrected chi connectivity index (χ4v) is 6.18. The van der Waals surface area contributed by atoms with Gasteiger partial charge in [0.25, 0.3) is 0 Å². The van der Waals surface area contributed by atoms with Crippen LogP contribution in [0.15, 0.2) is 35.6 Å². The van der Waals surface area contributed by atoms with E-state index in [1.165, 1.54) is 5.57 Å². The minimum Gasteiger partial charge on any atom is -0.507 e. The summed E-state index contributed by atoms with van der Waals surface area (Å²) in [6, 6.07) is 3.73. The van der Waals surface area contributed by atoms with Gasteiger partial charge in [-0.2, -0.15) is 0 Å². The van der Waals surface area contributed by atoms with Crippen LogP contribution in [0.25, 0.3) is 0 Å². The Labute approximate surface area is 198 Å². The fraction of sp³-hybridized carbons (Fsp3) is 0.643. The number of hydrogen-bond donors (Lipinski definition) is 2. The van der Waals surface area contributed by atoms with Crippen LogP contribution in [-0.2, 0) is 15.9 Å². The highest BCUT2D eigenvalue weighted by molar-refractivity contribution is 5.46. The fourth-order valence-electron chi connectivity index (χ4n) is 6.18. The number of aryl methyl sites for hydroxylation is 1. The van der Waals surface area contributed by atoms with Gasteiger partial charge in [-0.25, -0.2) is 0 Å². The number of rotatable bonds is 5. The molecule has 2 N–H and O–H groups in total. The summed E-state index contributed by atoms with van der Waals surface area (Å²) in [4.78, 5) is 0. The maximum atomic E-state index is 10.8. The van der Waals surface area contributed by atoms with Crippen LogP contribution in [0.1, 0.15) is 77.8 Å². The second-order valence-electron chi connectivity index (χ2n) is 11.4. The smallest absolute Gasteiger partial charge is 0.219 e. The molecule has 5 nitrogen and oxygen atoms in total. The van der Waals surface area contributed by atoms with Crippen molar-refractivity contribution >= 4 is 0 Å². The van der Waals surface area contributed by atoms with E-state index in [4.69, 9.17) is 14.2 Å². The molecule has 2 fully saturated rings. The third-order valence-electron chi connectivity index (χ3n) is 8.65. The van der Waals surface area contributed by atoms with Gasteiger partial charge in [0.2, 0.25) is 5.79 Å². The zero-order valence-electron chi connectivity index (χ0n) is 21.2. The maximum absolute atomic E-state index is 10.8. The molecule has 0 bridgehead atoms. The first-order valence-corrected chi connectivity index (χ1v) is 12.2. The summed E-state index contributed by atoms with van der Waals surface area (Å²) in [5, 5.41) is 21.3. The van der Waals surface area contributed by atoms with Crippen molar-refractivity contribution in [1.82, 2.24) is 0 Å². The van der Waals surface area contributed by atoms with E-state index in [9.17, 15) is 10.2 Å². The lowest BCUT2D eigenvalue weighted by Gasteiger charge is -2.54. The molecule has 4 atom stereocenters. The average Bonchev–Trinajstić information content (AvgIpc) is 3.16. The van der Waals surface area contributed by atoms with Crippen molar-refractivity contribution in [2.75, 3.05) is 7.11 Å². The van der Waals surface area contributed by atoms with Gasteiger partial charge < -0.3 is 24.4 Å². The van der Waals surface area contributed by atoms with E-state index >= 15 is 0 Å². The van der Waals surface area contributed by atoms with Gasteiger partial charge in [-0.15, -0.1) is 0 Å². The van der Waals surface area contributed by atoms with Crippen LogP contribution in [0.4, 0.5) is 0 Å². The highest BCUT2D eigenvalue weighted by Crippen LogP contribution is 2.67. The molecule has 1 aliphatic carbocycles. The Balaban J connectivity index is 1.59. The quantitative estimate of drug-likeness (QED) is 0.536. The molecule has 1 aromatic carbocycles. The molecule has 4 rings (SSSR count). The predicted molar refractivity (Wildman–Crippen MR) is 129 cm³/mol. The number of aromatic hydroxyl groups is 1. The van der Waals surface area contributed by atoms with Crippen molar-refractivity contribution in [3.63, 3.8) is 0 Å². The first kappa shape index (κ1) is 24.2. The molecular formula is C28H40O5. The van der Waals surface area contributed by atoms with Gasteiger partial charge in [0, 0.05) is 29.2 Å².